The van der Waals surface area contributed by atoms with Crippen molar-refractivity contribution in [3.63, 3.8) is 0 Å². The second kappa shape index (κ2) is 5.25. The van der Waals surface area contributed by atoms with Crippen LogP contribution in [0.4, 0.5) is 0 Å². The molecule has 0 saturated carbocycles. The predicted molar refractivity (Wildman–Crippen MR) is 69.2 cm³/mol. The Bertz CT molecular complexity index is 346. The average molecular weight is 237 g/mol. The Morgan fingerprint density at radius 3 is 2.25 bits per heavy atom. The zero-order valence-corrected chi connectivity index (χ0v) is 11.1. The van der Waals surface area contributed by atoms with E-state index in [-0.39, 0.29) is 17.4 Å². The van der Waals surface area contributed by atoms with Crippen LogP contribution in [0.1, 0.15) is 11.5 Å². The molecular formula is C12H19NO2Si. The molecule has 0 aromatic heterocycles. The summed E-state index contributed by atoms with van der Waals surface area (Å²) in [5.74, 6) is 0.0721. The molecule has 0 heterocycles. The lowest BCUT2D eigenvalue weighted by atomic mass is 10.0. The van der Waals surface area contributed by atoms with Crippen molar-refractivity contribution >= 4 is 8.07 Å². The van der Waals surface area contributed by atoms with E-state index in [1.807, 2.05) is 30.3 Å². The molecule has 0 bridgehead atoms. The van der Waals surface area contributed by atoms with Gasteiger partial charge in [-0.25, -0.2) is 0 Å². The highest BCUT2D eigenvalue weighted by Crippen LogP contribution is 2.26. The van der Waals surface area contributed by atoms with Gasteiger partial charge < -0.3 is 0 Å². The SMILES string of the molecule is C[Si](C)(C)CC(C[N+](=O)[O-])c1ccccc1. The van der Waals surface area contributed by atoms with Gasteiger partial charge in [-0.1, -0.05) is 50.0 Å². The molecule has 1 aromatic carbocycles. The Morgan fingerprint density at radius 1 is 1.25 bits per heavy atom. The average Bonchev–Trinajstić information content (AvgIpc) is 2.15. The van der Waals surface area contributed by atoms with E-state index in [2.05, 4.69) is 19.6 Å². The Hall–Kier alpha value is -1.16. The van der Waals surface area contributed by atoms with Gasteiger partial charge in [-0.15, -0.1) is 0 Å². The first kappa shape index (κ1) is 12.9. The van der Waals surface area contributed by atoms with Gasteiger partial charge in [0, 0.05) is 18.9 Å². The summed E-state index contributed by atoms with van der Waals surface area (Å²) >= 11 is 0. The molecule has 0 aliphatic carbocycles. The molecule has 1 rings (SSSR count). The van der Waals surface area contributed by atoms with Crippen molar-refractivity contribution in [1.82, 2.24) is 0 Å². The minimum absolute atomic E-state index is 0.0499. The molecule has 16 heavy (non-hydrogen) atoms. The van der Waals surface area contributed by atoms with Gasteiger partial charge in [-0.3, -0.25) is 10.1 Å². The minimum Gasteiger partial charge on any atom is -0.265 e. The smallest absolute Gasteiger partial charge is 0.210 e. The fourth-order valence-electron chi connectivity index (χ4n) is 1.93. The summed E-state index contributed by atoms with van der Waals surface area (Å²) < 4.78 is 0. The first-order chi connectivity index (χ1) is 7.38. The van der Waals surface area contributed by atoms with Crippen LogP contribution in [0.15, 0.2) is 30.3 Å². The van der Waals surface area contributed by atoms with Gasteiger partial charge in [0.15, 0.2) is 0 Å². The number of hydrogen-bond acceptors (Lipinski definition) is 2. The second-order valence-electron chi connectivity index (χ2n) is 5.39. The Labute approximate surface area is 97.7 Å². The highest BCUT2D eigenvalue weighted by molar-refractivity contribution is 6.76. The molecular weight excluding hydrogens is 218 g/mol. The normalized spacial score (nSPS) is 13.4. The summed E-state index contributed by atoms with van der Waals surface area (Å²) in [6.45, 7) is 6.81. The van der Waals surface area contributed by atoms with E-state index in [9.17, 15) is 10.1 Å². The van der Waals surface area contributed by atoms with E-state index >= 15 is 0 Å². The van der Waals surface area contributed by atoms with Crippen LogP contribution in [0, 0.1) is 10.1 Å². The van der Waals surface area contributed by atoms with Gasteiger partial charge in [0.2, 0.25) is 6.54 Å². The molecule has 1 aromatic rings. The van der Waals surface area contributed by atoms with Gasteiger partial charge in [0.25, 0.3) is 0 Å². The third-order valence-electron chi connectivity index (χ3n) is 2.50. The zero-order chi connectivity index (χ0) is 12.2. The van der Waals surface area contributed by atoms with Crippen LogP contribution in [0.5, 0.6) is 0 Å². The molecule has 0 saturated heterocycles. The van der Waals surface area contributed by atoms with Gasteiger partial charge in [0.05, 0.1) is 0 Å². The lowest BCUT2D eigenvalue weighted by Gasteiger charge is -2.22. The van der Waals surface area contributed by atoms with Crippen LogP contribution in [0.25, 0.3) is 0 Å². The summed E-state index contributed by atoms with van der Waals surface area (Å²) in [7, 11) is -1.27. The van der Waals surface area contributed by atoms with Gasteiger partial charge >= 0.3 is 0 Å². The van der Waals surface area contributed by atoms with Gasteiger partial charge in [-0.2, -0.15) is 0 Å². The van der Waals surface area contributed by atoms with Crippen molar-refractivity contribution in [2.45, 2.75) is 31.6 Å². The van der Waals surface area contributed by atoms with E-state index in [4.69, 9.17) is 0 Å². The van der Waals surface area contributed by atoms with Crippen LogP contribution in [-0.4, -0.2) is 19.5 Å². The number of rotatable bonds is 5. The molecule has 3 nitrogen and oxygen atoms in total. The fourth-order valence-corrected chi connectivity index (χ4v) is 3.78. The van der Waals surface area contributed by atoms with Crippen molar-refractivity contribution in [2.75, 3.05) is 6.54 Å². The van der Waals surface area contributed by atoms with Crippen LogP contribution in [-0.2, 0) is 0 Å². The summed E-state index contributed by atoms with van der Waals surface area (Å²) in [5.41, 5.74) is 1.10. The van der Waals surface area contributed by atoms with Crippen LogP contribution >= 0.6 is 0 Å². The highest BCUT2D eigenvalue weighted by atomic mass is 28.3. The van der Waals surface area contributed by atoms with Crippen molar-refractivity contribution in [3.8, 4) is 0 Å². The van der Waals surface area contributed by atoms with E-state index in [0.717, 1.165) is 11.6 Å². The van der Waals surface area contributed by atoms with Crippen molar-refractivity contribution in [2.24, 2.45) is 0 Å². The molecule has 0 radical (unpaired) electrons. The third-order valence-corrected chi connectivity index (χ3v) is 4.22. The maximum Gasteiger partial charge on any atom is 0.210 e. The number of nitro groups is 1. The predicted octanol–water partition coefficient (Wildman–Crippen LogP) is 3.39. The largest absolute Gasteiger partial charge is 0.265 e. The minimum atomic E-state index is -1.27. The third kappa shape index (κ3) is 4.57. The van der Waals surface area contributed by atoms with Crippen LogP contribution in [0.3, 0.4) is 0 Å². The molecule has 0 aliphatic heterocycles. The summed E-state index contributed by atoms with van der Waals surface area (Å²) in [5, 5.41) is 10.7. The molecule has 0 amide bonds. The quantitative estimate of drug-likeness (QED) is 0.447. The van der Waals surface area contributed by atoms with Crippen LogP contribution < -0.4 is 0 Å². The van der Waals surface area contributed by atoms with Crippen molar-refractivity contribution in [3.05, 3.63) is 46.0 Å². The van der Waals surface area contributed by atoms with Crippen LogP contribution in [0.2, 0.25) is 25.7 Å². The molecule has 0 spiro atoms. The standard InChI is InChI=1S/C12H19NO2Si/c1-16(2,3)10-12(9-13(14)15)11-7-5-4-6-8-11/h4-8,12H,9-10H2,1-3H3. The molecule has 0 fully saturated rings. The first-order valence-corrected chi connectivity index (χ1v) is 9.26. The zero-order valence-electron chi connectivity index (χ0n) is 10.1. The van der Waals surface area contributed by atoms with Gasteiger partial charge in [0.1, 0.15) is 0 Å². The monoisotopic (exact) mass is 237 g/mol. The van der Waals surface area contributed by atoms with E-state index in [0.29, 0.717) is 0 Å². The lowest BCUT2D eigenvalue weighted by Crippen LogP contribution is -2.26. The molecule has 4 heteroatoms. The molecule has 1 unspecified atom stereocenters. The highest BCUT2D eigenvalue weighted by Gasteiger charge is 2.25. The molecule has 1 atom stereocenters. The van der Waals surface area contributed by atoms with Crippen molar-refractivity contribution in [1.29, 1.82) is 0 Å². The van der Waals surface area contributed by atoms with E-state index < -0.39 is 8.07 Å². The number of hydrogen-bond donors (Lipinski definition) is 0. The fraction of sp³-hybridized carbons (Fsp3) is 0.500. The van der Waals surface area contributed by atoms with E-state index in [1.165, 1.54) is 0 Å². The maximum absolute atomic E-state index is 10.7. The Morgan fingerprint density at radius 2 is 1.81 bits per heavy atom. The summed E-state index contributed by atoms with van der Waals surface area (Å²) in [6, 6.07) is 10.8. The topological polar surface area (TPSA) is 43.1 Å². The Balaban J connectivity index is 2.84. The first-order valence-electron chi connectivity index (χ1n) is 5.55. The number of nitrogens with zero attached hydrogens (tertiary/aromatic N) is 1. The van der Waals surface area contributed by atoms with E-state index in [1.54, 1.807) is 0 Å². The maximum atomic E-state index is 10.7. The number of benzene rings is 1. The summed E-state index contributed by atoms with van der Waals surface area (Å²) in [6.07, 6.45) is 0. The molecule has 88 valence electrons. The second-order valence-corrected chi connectivity index (χ2v) is 10.9. The molecule has 0 N–H and O–H groups in total. The Kier molecular flexibility index (Phi) is 4.24. The lowest BCUT2D eigenvalue weighted by molar-refractivity contribution is -0.482. The summed E-state index contributed by atoms with van der Waals surface area (Å²) in [4.78, 5) is 10.5. The van der Waals surface area contributed by atoms with Gasteiger partial charge in [-0.05, 0) is 11.6 Å². The molecule has 0 aliphatic rings. The van der Waals surface area contributed by atoms with Crippen molar-refractivity contribution < 1.29 is 4.92 Å².